The Labute approximate surface area is 95.5 Å². The van der Waals surface area contributed by atoms with Crippen molar-refractivity contribution in [1.29, 1.82) is 0 Å². The third-order valence-electron chi connectivity index (χ3n) is 3.08. The van der Waals surface area contributed by atoms with Crippen LogP contribution in [0.3, 0.4) is 0 Å². The van der Waals surface area contributed by atoms with Crippen LogP contribution in [0, 0.1) is 5.92 Å². The Kier molecular flexibility index (Phi) is 3.41. The van der Waals surface area contributed by atoms with E-state index < -0.39 is 0 Å². The van der Waals surface area contributed by atoms with Crippen LogP contribution in [0.2, 0.25) is 0 Å². The SMILES string of the molecule is CC(Cl)C1CCN(c2ccncn2)CC1. The number of alkyl halides is 1. The Morgan fingerprint density at radius 3 is 2.73 bits per heavy atom. The smallest absolute Gasteiger partial charge is 0.131 e. The summed E-state index contributed by atoms with van der Waals surface area (Å²) in [7, 11) is 0. The molecule has 0 amide bonds. The molecule has 1 aromatic rings. The lowest BCUT2D eigenvalue weighted by Crippen LogP contribution is -2.36. The summed E-state index contributed by atoms with van der Waals surface area (Å²) in [6, 6.07) is 1.96. The largest absolute Gasteiger partial charge is 0.357 e. The molecule has 4 heteroatoms. The van der Waals surface area contributed by atoms with Crippen molar-refractivity contribution in [3.05, 3.63) is 18.6 Å². The quantitative estimate of drug-likeness (QED) is 0.724. The fraction of sp³-hybridized carbons (Fsp3) is 0.636. The molecule has 15 heavy (non-hydrogen) atoms. The summed E-state index contributed by atoms with van der Waals surface area (Å²) in [6.07, 6.45) is 5.72. The maximum atomic E-state index is 6.11. The van der Waals surface area contributed by atoms with E-state index >= 15 is 0 Å². The molecule has 1 unspecified atom stereocenters. The van der Waals surface area contributed by atoms with Crippen LogP contribution in [-0.2, 0) is 0 Å². The van der Waals surface area contributed by atoms with Crippen LogP contribution in [0.4, 0.5) is 5.82 Å². The molecule has 2 rings (SSSR count). The molecule has 0 bridgehead atoms. The summed E-state index contributed by atoms with van der Waals surface area (Å²) in [5, 5.41) is 0.289. The first kappa shape index (κ1) is 10.7. The van der Waals surface area contributed by atoms with Crippen LogP contribution in [0.5, 0.6) is 0 Å². The zero-order chi connectivity index (χ0) is 10.7. The number of piperidine rings is 1. The van der Waals surface area contributed by atoms with Gasteiger partial charge in [0.1, 0.15) is 12.1 Å². The van der Waals surface area contributed by atoms with E-state index in [-0.39, 0.29) is 5.38 Å². The van der Waals surface area contributed by atoms with E-state index in [9.17, 15) is 0 Å². The van der Waals surface area contributed by atoms with Crippen molar-refractivity contribution in [2.45, 2.75) is 25.1 Å². The minimum atomic E-state index is 0.289. The summed E-state index contributed by atoms with van der Waals surface area (Å²) in [4.78, 5) is 10.5. The van der Waals surface area contributed by atoms with Gasteiger partial charge in [-0.3, -0.25) is 0 Å². The average Bonchev–Trinajstić information content (AvgIpc) is 2.30. The lowest BCUT2D eigenvalue weighted by Gasteiger charge is -2.33. The number of aromatic nitrogens is 2. The fourth-order valence-corrected chi connectivity index (χ4v) is 2.31. The van der Waals surface area contributed by atoms with Crippen LogP contribution < -0.4 is 4.90 Å². The Bertz CT molecular complexity index is 294. The lowest BCUT2D eigenvalue weighted by molar-refractivity contribution is 0.398. The molecule has 0 aromatic carbocycles. The molecule has 1 saturated heterocycles. The third-order valence-corrected chi connectivity index (χ3v) is 3.44. The Morgan fingerprint density at radius 1 is 1.47 bits per heavy atom. The number of nitrogens with zero attached hydrogens (tertiary/aromatic N) is 3. The van der Waals surface area contributed by atoms with Crippen LogP contribution in [0.15, 0.2) is 18.6 Å². The van der Waals surface area contributed by atoms with E-state index in [1.807, 2.05) is 6.07 Å². The van der Waals surface area contributed by atoms with E-state index in [1.165, 1.54) is 0 Å². The minimum Gasteiger partial charge on any atom is -0.357 e. The van der Waals surface area contributed by atoms with E-state index in [1.54, 1.807) is 12.5 Å². The second kappa shape index (κ2) is 4.79. The molecule has 82 valence electrons. The van der Waals surface area contributed by atoms with Crippen molar-refractivity contribution in [3.8, 4) is 0 Å². The second-order valence-corrected chi connectivity index (χ2v) is 4.76. The number of hydrogen-bond acceptors (Lipinski definition) is 3. The van der Waals surface area contributed by atoms with Crippen LogP contribution >= 0.6 is 11.6 Å². The molecule has 2 heterocycles. The van der Waals surface area contributed by atoms with Crippen molar-refractivity contribution in [2.75, 3.05) is 18.0 Å². The van der Waals surface area contributed by atoms with Crippen molar-refractivity contribution in [3.63, 3.8) is 0 Å². The van der Waals surface area contributed by atoms with Gasteiger partial charge in [0.2, 0.25) is 0 Å². The average molecular weight is 226 g/mol. The molecule has 1 atom stereocenters. The van der Waals surface area contributed by atoms with E-state index in [0.717, 1.165) is 31.7 Å². The van der Waals surface area contributed by atoms with E-state index in [2.05, 4.69) is 21.8 Å². The van der Waals surface area contributed by atoms with Crippen molar-refractivity contribution < 1.29 is 0 Å². The van der Waals surface area contributed by atoms with Gasteiger partial charge in [0.25, 0.3) is 0 Å². The number of anilines is 1. The first-order valence-corrected chi connectivity index (χ1v) is 5.86. The van der Waals surface area contributed by atoms with Gasteiger partial charge in [-0.2, -0.15) is 0 Å². The Morgan fingerprint density at radius 2 is 2.20 bits per heavy atom. The standard InChI is InChI=1S/C11H16ClN3/c1-9(12)10-3-6-15(7-4-10)11-2-5-13-8-14-11/h2,5,8-10H,3-4,6-7H2,1H3. The predicted octanol–water partition coefficient (Wildman–Crippen LogP) is 2.32. The number of halogens is 1. The highest BCUT2D eigenvalue weighted by molar-refractivity contribution is 6.20. The zero-order valence-electron chi connectivity index (χ0n) is 8.93. The fourth-order valence-electron chi connectivity index (χ4n) is 2.06. The van der Waals surface area contributed by atoms with Gasteiger partial charge in [0.15, 0.2) is 0 Å². The molecule has 0 N–H and O–H groups in total. The highest BCUT2D eigenvalue weighted by atomic mass is 35.5. The minimum absolute atomic E-state index is 0.289. The van der Waals surface area contributed by atoms with Gasteiger partial charge >= 0.3 is 0 Å². The molecule has 1 fully saturated rings. The molecule has 3 nitrogen and oxygen atoms in total. The normalized spacial score (nSPS) is 20.3. The Hall–Kier alpha value is -0.830. The molecule has 0 radical (unpaired) electrons. The van der Waals surface area contributed by atoms with Crippen LogP contribution in [0.25, 0.3) is 0 Å². The number of rotatable bonds is 2. The van der Waals surface area contributed by atoms with E-state index in [4.69, 9.17) is 11.6 Å². The van der Waals surface area contributed by atoms with Crippen LogP contribution in [0.1, 0.15) is 19.8 Å². The monoisotopic (exact) mass is 225 g/mol. The van der Waals surface area contributed by atoms with Gasteiger partial charge in [0.05, 0.1) is 0 Å². The van der Waals surface area contributed by atoms with Gasteiger partial charge in [-0.1, -0.05) is 0 Å². The molecule has 0 spiro atoms. The van der Waals surface area contributed by atoms with Gasteiger partial charge in [-0.15, -0.1) is 11.6 Å². The van der Waals surface area contributed by atoms with Gasteiger partial charge < -0.3 is 4.90 Å². The predicted molar refractivity (Wildman–Crippen MR) is 62.3 cm³/mol. The molecule has 1 aliphatic heterocycles. The summed E-state index contributed by atoms with van der Waals surface area (Å²) < 4.78 is 0. The topological polar surface area (TPSA) is 29.0 Å². The third kappa shape index (κ3) is 2.59. The summed E-state index contributed by atoms with van der Waals surface area (Å²) >= 11 is 6.11. The van der Waals surface area contributed by atoms with Gasteiger partial charge in [-0.05, 0) is 31.7 Å². The highest BCUT2D eigenvalue weighted by Crippen LogP contribution is 2.25. The first-order valence-electron chi connectivity index (χ1n) is 5.42. The molecular weight excluding hydrogens is 210 g/mol. The highest BCUT2D eigenvalue weighted by Gasteiger charge is 2.22. The molecule has 0 saturated carbocycles. The molecule has 1 aliphatic rings. The summed E-state index contributed by atoms with van der Waals surface area (Å²) in [5.74, 6) is 1.69. The second-order valence-electron chi connectivity index (χ2n) is 4.07. The summed E-state index contributed by atoms with van der Waals surface area (Å²) in [5.41, 5.74) is 0. The molecule has 0 aliphatic carbocycles. The zero-order valence-corrected chi connectivity index (χ0v) is 9.69. The summed E-state index contributed by atoms with van der Waals surface area (Å²) in [6.45, 7) is 4.20. The van der Waals surface area contributed by atoms with E-state index in [0.29, 0.717) is 5.92 Å². The molecule has 1 aromatic heterocycles. The van der Waals surface area contributed by atoms with Crippen molar-refractivity contribution in [2.24, 2.45) is 5.92 Å². The van der Waals surface area contributed by atoms with Gasteiger partial charge in [-0.25, -0.2) is 9.97 Å². The van der Waals surface area contributed by atoms with Crippen molar-refractivity contribution >= 4 is 17.4 Å². The maximum Gasteiger partial charge on any atom is 0.131 e. The first-order chi connectivity index (χ1) is 7.27. The Balaban J connectivity index is 1.94. The number of hydrogen-bond donors (Lipinski definition) is 0. The lowest BCUT2D eigenvalue weighted by atomic mass is 9.94. The van der Waals surface area contributed by atoms with Crippen molar-refractivity contribution in [1.82, 2.24) is 9.97 Å². The molecular formula is C11H16ClN3. The maximum absolute atomic E-state index is 6.11. The van der Waals surface area contributed by atoms with Crippen LogP contribution in [-0.4, -0.2) is 28.4 Å². The van der Waals surface area contributed by atoms with Gasteiger partial charge in [0, 0.05) is 24.7 Å².